The maximum atomic E-state index is 11.5. The fraction of sp³-hybridized carbons (Fsp3) is 0.400. The van der Waals surface area contributed by atoms with E-state index >= 15 is 0 Å². The van der Waals surface area contributed by atoms with Gasteiger partial charge in [0.15, 0.2) is 0 Å². The summed E-state index contributed by atoms with van der Waals surface area (Å²) in [6.07, 6.45) is 2.04. The lowest BCUT2D eigenvalue weighted by Crippen LogP contribution is -2.20. The second-order valence-corrected chi connectivity index (χ2v) is 4.28. The van der Waals surface area contributed by atoms with Crippen LogP contribution in [-0.2, 0) is 4.79 Å². The van der Waals surface area contributed by atoms with Crippen molar-refractivity contribution in [3.05, 3.63) is 22.9 Å². The Balaban J connectivity index is 2.48. The topological polar surface area (TPSA) is 68.0 Å². The number of rotatable bonds is 4. The molecule has 82 valence electrons. The average Bonchev–Trinajstić information content (AvgIpc) is 2.21. The Kier molecular flexibility index (Phi) is 4.71. The molecule has 1 unspecified atom stereocenters. The number of carbonyl (C=O) groups excluding carboxylic acids is 1. The molecule has 3 N–H and O–H groups in total. The predicted octanol–water partition coefficient (Wildman–Crippen LogP) is 1.77. The molecule has 0 aliphatic rings. The number of anilines is 1. The molecule has 5 heteroatoms. The molecule has 1 heterocycles. The van der Waals surface area contributed by atoms with E-state index in [0.29, 0.717) is 18.7 Å². The molecule has 0 aliphatic heterocycles. The third-order valence-corrected chi connectivity index (χ3v) is 2.42. The van der Waals surface area contributed by atoms with Crippen LogP contribution in [0.2, 0.25) is 0 Å². The number of nitrogens with one attached hydrogen (secondary N) is 1. The van der Waals surface area contributed by atoms with E-state index in [2.05, 4.69) is 26.2 Å². The van der Waals surface area contributed by atoms with Crippen molar-refractivity contribution in [2.75, 3.05) is 11.9 Å². The van der Waals surface area contributed by atoms with E-state index in [0.717, 1.165) is 4.60 Å². The van der Waals surface area contributed by atoms with Crippen molar-refractivity contribution < 1.29 is 4.79 Å². The minimum Gasteiger partial charge on any atom is -0.330 e. The van der Waals surface area contributed by atoms with Crippen LogP contribution in [0.4, 0.5) is 5.69 Å². The summed E-state index contributed by atoms with van der Waals surface area (Å²) < 4.78 is 0.746. The highest BCUT2D eigenvalue weighted by atomic mass is 79.9. The van der Waals surface area contributed by atoms with E-state index in [4.69, 9.17) is 5.73 Å². The van der Waals surface area contributed by atoms with Gasteiger partial charge in [-0.3, -0.25) is 4.79 Å². The highest BCUT2D eigenvalue weighted by Crippen LogP contribution is 2.11. The first-order valence-electron chi connectivity index (χ1n) is 4.73. The van der Waals surface area contributed by atoms with Gasteiger partial charge in [0.2, 0.25) is 5.91 Å². The predicted molar refractivity (Wildman–Crippen MR) is 63.4 cm³/mol. The maximum Gasteiger partial charge on any atom is 0.224 e. The standard InChI is InChI=1S/C10H14BrN3O/c1-7(5-12)4-10(15)14-8-2-3-9(11)13-6-8/h2-3,6-7H,4-5,12H2,1H3,(H,14,15). The lowest BCUT2D eigenvalue weighted by molar-refractivity contribution is -0.116. The Bertz CT molecular complexity index is 326. The molecule has 1 aromatic rings. The van der Waals surface area contributed by atoms with Crippen LogP contribution in [0, 0.1) is 5.92 Å². The minimum absolute atomic E-state index is 0.0305. The number of nitrogens with zero attached hydrogens (tertiary/aromatic N) is 1. The summed E-state index contributed by atoms with van der Waals surface area (Å²) in [4.78, 5) is 15.5. The molecular formula is C10H14BrN3O. The van der Waals surface area contributed by atoms with Gasteiger partial charge in [0.05, 0.1) is 11.9 Å². The zero-order valence-corrected chi connectivity index (χ0v) is 10.1. The number of aromatic nitrogens is 1. The summed E-state index contributed by atoms with van der Waals surface area (Å²) in [5, 5.41) is 2.76. The first-order valence-corrected chi connectivity index (χ1v) is 5.52. The summed E-state index contributed by atoms with van der Waals surface area (Å²) in [6, 6.07) is 3.57. The SMILES string of the molecule is CC(CN)CC(=O)Nc1ccc(Br)nc1. The summed E-state index contributed by atoms with van der Waals surface area (Å²) >= 11 is 3.22. The van der Waals surface area contributed by atoms with Gasteiger partial charge >= 0.3 is 0 Å². The molecule has 1 atom stereocenters. The Morgan fingerprint density at radius 1 is 1.67 bits per heavy atom. The van der Waals surface area contributed by atoms with Gasteiger partial charge in [0.1, 0.15) is 4.60 Å². The van der Waals surface area contributed by atoms with Crippen molar-refractivity contribution in [2.24, 2.45) is 11.7 Å². The number of hydrogen-bond donors (Lipinski definition) is 2. The Morgan fingerprint density at radius 2 is 2.40 bits per heavy atom. The summed E-state index contributed by atoms with van der Waals surface area (Å²) in [6.45, 7) is 2.46. The molecule has 0 spiro atoms. The van der Waals surface area contributed by atoms with Gasteiger partial charge in [-0.25, -0.2) is 4.98 Å². The number of nitrogens with two attached hydrogens (primary N) is 1. The molecule has 0 aliphatic carbocycles. The van der Waals surface area contributed by atoms with Gasteiger partial charge in [0, 0.05) is 6.42 Å². The van der Waals surface area contributed by atoms with Crippen molar-refractivity contribution >= 4 is 27.5 Å². The van der Waals surface area contributed by atoms with Crippen molar-refractivity contribution in [2.45, 2.75) is 13.3 Å². The van der Waals surface area contributed by atoms with Crippen molar-refractivity contribution in [1.82, 2.24) is 4.98 Å². The van der Waals surface area contributed by atoms with E-state index in [1.165, 1.54) is 0 Å². The van der Waals surface area contributed by atoms with E-state index in [9.17, 15) is 4.79 Å². The van der Waals surface area contributed by atoms with Gasteiger partial charge in [0.25, 0.3) is 0 Å². The van der Waals surface area contributed by atoms with Gasteiger partial charge in [-0.1, -0.05) is 6.92 Å². The van der Waals surface area contributed by atoms with Crippen LogP contribution in [0.5, 0.6) is 0 Å². The van der Waals surface area contributed by atoms with Crippen LogP contribution >= 0.6 is 15.9 Å². The molecule has 0 saturated carbocycles. The van der Waals surface area contributed by atoms with Crippen LogP contribution < -0.4 is 11.1 Å². The third-order valence-electron chi connectivity index (χ3n) is 1.95. The molecule has 0 radical (unpaired) electrons. The zero-order chi connectivity index (χ0) is 11.3. The van der Waals surface area contributed by atoms with Crippen molar-refractivity contribution in [3.8, 4) is 0 Å². The normalized spacial score (nSPS) is 12.2. The fourth-order valence-corrected chi connectivity index (χ4v) is 1.30. The maximum absolute atomic E-state index is 11.5. The summed E-state index contributed by atoms with van der Waals surface area (Å²) in [5.74, 6) is 0.172. The first kappa shape index (κ1) is 12.1. The average molecular weight is 272 g/mol. The van der Waals surface area contributed by atoms with Crippen molar-refractivity contribution in [3.63, 3.8) is 0 Å². The highest BCUT2D eigenvalue weighted by molar-refractivity contribution is 9.10. The first-order chi connectivity index (χ1) is 7.11. The zero-order valence-electron chi connectivity index (χ0n) is 8.53. The van der Waals surface area contributed by atoms with Crippen molar-refractivity contribution in [1.29, 1.82) is 0 Å². The molecule has 1 aromatic heterocycles. The lowest BCUT2D eigenvalue weighted by atomic mass is 10.1. The van der Waals surface area contributed by atoms with Crippen LogP contribution in [0.1, 0.15) is 13.3 Å². The van der Waals surface area contributed by atoms with Gasteiger partial charge in [-0.15, -0.1) is 0 Å². The number of amides is 1. The van der Waals surface area contributed by atoms with Crippen LogP contribution in [0.3, 0.4) is 0 Å². The Labute approximate surface area is 97.4 Å². The fourth-order valence-electron chi connectivity index (χ4n) is 1.06. The second-order valence-electron chi connectivity index (χ2n) is 3.46. The van der Waals surface area contributed by atoms with E-state index in [-0.39, 0.29) is 11.8 Å². The van der Waals surface area contributed by atoms with E-state index in [1.807, 2.05) is 6.92 Å². The molecule has 1 rings (SSSR count). The van der Waals surface area contributed by atoms with Crippen LogP contribution in [0.15, 0.2) is 22.9 Å². The smallest absolute Gasteiger partial charge is 0.224 e. The molecule has 0 bridgehead atoms. The summed E-state index contributed by atoms with van der Waals surface area (Å²) in [5.41, 5.74) is 6.14. The number of carbonyl (C=O) groups is 1. The lowest BCUT2D eigenvalue weighted by Gasteiger charge is -2.08. The molecule has 0 fully saturated rings. The monoisotopic (exact) mass is 271 g/mol. The molecular weight excluding hydrogens is 258 g/mol. The quantitative estimate of drug-likeness (QED) is 0.821. The number of pyridine rings is 1. The molecule has 1 amide bonds. The van der Waals surface area contributed by atoms with Gasteiger partial charge < -0.3 is 11.1 Å². The Hall–Kier alpha value is -0.940. The van der Waals surface area contributed by atoms with Crippen LogP contribution in [0.25, 0.3) is 0 Å². The van der Waals surface area contributed by atoms with Crippen LogP contribution in [-0.4, -0.2) is 17.4 Å². The van der Waals surface area contributed by atoms with Gasteiger partial charge in [-0.05, 0) is 40.5 Å². The third kappa shape index (κ3) is 4.40. The van der Waals surface area contributed by atoms with E-state index in [1.54, 1.807) is 18.3 Å². The van der Waals surface area contributed by atoms with Gasteiger partial charge in [-0.2, -0.15) is 0 Å². The molecule has 4 nitrogen and oxygen atoms in total. The molecule has 0 aromatic carbocycles. The molecule has 0 saturated heterocycles. The second kappa shape index (κ2) is 5.82. The highest BCUT2D eigenvalue weighted by Gasteiger charge is 2.07. The number of halogens is 1. The number of hydrogen-bond acceptors (Lipinski definition) is 3. The Morgan fingerprint density at radius 3 is 2.93 bits per heavy atom. The minimum atomic E-state index is -0.0305. The molecule has 15 heavy (non-hydrogen) atoms. The summed E-state index contributed by atoms with van der Waals surface area (Å²) in [7, 11) is 0. The largest absolute Gasteiger partial charge is 0.330 e. The van der Waals surface area contributed by atoms with E-state index < -0.39 is 0 Å².